The van der Waals surface area contributed by atoms with E-state index in [2.05, 4.69) is 31.1 Å². The molecule has 0 aromatic carbocycles. The second-order valence-electron chi connectivity index (χ2n) is 6.36. The van der Waals surface area contributed by atoms with Crippen LogP contribution >= 0.6 is 0 Å². The fraction of sp³-hybridized carbons (Fsp3) is 1.00. The molecule has 1 N–H and O–H groups in total. The largest absolute Gasteiger partial charge is 0.317 e. The molecule has 100 valence electrons. The Hall–Kier alpha value is -0.0800. The Morgan fingerprint density at radius 3 is 2.53 bits per heavy atom. The van der Waals surface area contributed by atoms with Gasteiger partial charge >= 0.3 is 0 Å². The smallest absolute Gasteiger partial charge is 0.00817 e. The number of fused-ring (bicyclic) bond motifs is 1. The fourth-order valence-corrected chi connectivity index (χ4v) is 3.81. The van der Waals surface area contributed by atoms with Gasteiger partial charge in [-0.05, 0) is 58.5 Å². The molecule has 1 aliphatic carbocycles. The van der Waals surface area contributed by atoms with Crippen molar-refractivity contribution in [2.24, 2.45) is 11.8 Å². The lowest BCUT2D eigenvalue weighted by Crippen LogP contribution is -2.47. The van der Waals surface area contributed by atoms with Crippen molar-refractivity contribution < 1.29 is 0 Å². The predicted octanol–water partition coefficient (Wildman–Crippen LogP) is 2.89. The first-order valence-electron chi connectivity index (χ1n) is 7.62. The van der Waals surface area contributed by atoms with Gasteiger partial charge in [-0.1, -0.05) is 19.3 Å². The van der Waals surface area contributed by atoms with Crippen molar-refractivity contribution >= 4 is 0 Å². The van der Waals surface area contributed by atoms with E-state index in [1.165, 1.54) is 51.6 Å². The van der Waals surface area contributed by atoms with Crippen LogP contribution in [0.5, 0.6) is 0 Å². The Morgan fingerprint density at radius 1 is 1.12 bits per heavy atom. The summed E-state index contributed by atoms with van der Waals surface area (Å²) in [4.78, 5) is 2.75. The molecule has 1 saturated carbocycles. The molecule has 1 aliphatic heterocycles. The van der Waals surface area contributed by atoms with Gasteiger partial charge in [-0.2, -0.15) is 0 Å². The molecule has 0 aromatic heterocycles. The van der Waals surface area contributed by atoms with Gasteiger partial charge in [0, 0.05) is 18.6 Å². The average molecular weight is 238 g/mol. The van der Waals surface area contributed by atoms with Gasteiger partial charge in [0.2, 0.25) is 0 Å². The van der Waals surface area contributed by atoms with Crippen LogP contribution in [0.4, 0.5) is 0 Å². The van der Waals surface area contributed by atoms with Crippen molar-refractivity contribution in [2.45, 2.75) is 64.5 Å². The Kier molecular flexibility index (Phi) is 4.87. The van der Waals surface area contributed by atoms with Crippen LogP contribution in [-0.2, 0) is 0 Å². The number of nitrogens with zero attached hydrogens (tertiary/aromatic N) is 1. The molecule has 2 nitrogen and oxygen atoms in total. The lowest BCUT2D eigenvalue weighted by atomic mass is 9.75. The van der Waals surface area contributed by atoms with Crippen LogP contribution in [0.15, 0.2) is 0 Å². The van der Waals surface area contributed by atoms with Gasteiger partial charge in [0.15, 0.2) is 0 Å². The van der Waals surface area contributed by atoms with Gasteiger partial charge in [0.05, 0.1) is 0 Å². The molecule has 0 bridgehead atoms. The molecular weight excluding hydrogens is 208 g/mol. The summed E-state index contributed by atoms with van der Waals surface area (Å²) in [6.45, 7) is 7.43. The molecular formula is C15H30N2. The quantitative estimate of drug-likeness (QED) is 0.810. The lowest BCUT2D eigenvalue weighted by Gasteiger charge is -2.44. The van der Waals surface area contributed by atoms with Crippen molar-refractivity contribution in [3.8, 4) is 0 Å². The van der Waals surface area contributed by atoms with E-state index in [4.69, 9.17) is 0 Å². The number of nitrogens with one attached hydrogen (secondary N) is 1. The van der Waals surface area contributed by atoms with Crippen LogP contribution in [0.25, 0.3) is 0 Å². The van der Waals surface area contributed by atoms with E-state index in [-0.39, 0.29) is 0 Å². The highest BCUT2D eigenvalue weighted by Crippen LogP contribution is 2.36. The molecule has 2 aliphatic rings. The Labute approximate surface area is 107 Å². The molecule has 0 radical (unpaired) electrons. The normalized spacial score (nSPS) is 34.1. The van der Waals surface area contributed by atoms with E-state index in [9.17, 15) is 0 Å². The van der Waals surface area contributed by atoms with Crippen LogP contribution in [0.2, 0.25) is 0 Å². The third-order valence-electron chi connectivity index (χ3n) is 5.13. The summed E-state index contributed by atoms with van der Waals surface area (Å²) in [7, 11) is 2.07. The van der Waals surface area contributed by atoms with E-state index < -0.39 is 0 Å². The highest BCUT2D eigenvalue weighted by molar-refractivity contribution is 4.86. The van der Waals surface area contributed by atoms with Crippen LogP contribution in [-0.4, -0.2) is 37.1 Å². The second kappa shape index (κ2) is 6.19. The Morgan fingerprint density at radius 2 is 1.82 bits per heavy atom. The van der Waals surface area contributed by atoms with Crippen molar-refractivity contribution in [1.82, 2.24) is 10.2 Å². The molecule has 2 rings (SSSR count). The fourth-order valence-electron chi connectivity index (χ4n) is 3.81. The van der Waals surface area contributed by atoms with E-state index in [0.29, 0.717) is 6.04 Å². The molecule has 1 heterocycles. The number of hydrogen-bond donors (Lipinski definition) is 1. The van der Waals surface area contributed by atoms with Gasteiger partial charge in [0.1, 0.15) is 0 Å². The molecule has 4 unspecified atom stereocenters. The minimum Gasteiger partial charge on any atom is -0.317 e. The maximum Gasteiger partial charge on any atom is 0.00817 e. The SMILES string of the molecule is CNC(C)CC(C)N1CCC2CCCCC2C1. The van der Waals surface area contributed by atoms with Gasteiger partial charge in [-0.3, -0.25) is 0 Å². The first kappa shape index (κ1) is 13.4. The topological polar surface area (TPSA) is 15.3 Å². The Balaban J connectivity index is 1.82. The predicted molar refractivity (Wildman–Crippen MR) is 74.2 cm³/mol. The van der Waals surface area contributed by atoms with Gasteiger partial charge < -0.3 is 10.2 Å². The van der Waals surface area contributed by atoms with Crippen molar-refractivity contribution in [3.63, 3.8) is 0 Å². The minimum atomic E-state index is 0.647. The van der Waals surface area contributed by atoms with E-state index in [1.807, 2.05) is 0 Å². The minimum absolute atomic E-state index is 0.647. The maximum absolute atomic E-state index is 3.36. The molecule has 1 saturated heterocycles. The summed E-state index contributed by atoms with van der Waals surface area (Å²) in [6, 6.07) is 1.40. The Bertz CT molecular complexity index is 229. The number of likely N-dealkylation sites (tertiary alicyclic amines) is 1. The summed E-state index contributed by atoms with van der Waals surface area (Å²) >= 11 is 0. The van der Waals surface area contributed by atoms with Gasteiger partial charge in [-0.15, -0.1) is 0 Å². The van der Waals surface area contributed by atoms with Crippen molar-refractivity contribution in [1.29, 1.82) is 0 Å². The molecule has 0 spiro atoms. The first-order chi connectivity index (χ1) is 8.20. The summed E-state index contributed by atoms with van der Waals surface area (Å²) in [5.74, 6) is 2.08. The zero-order valence-corrected chi connectivity index (χ0v) is 11.9. The van der Waals surface area contributed by atoms with Crippen LogP contribution in [0.3, 0.4) is 0 Å². The average Bonchev–Trinajstić information content (AvgIpc) is 2.38. The monoisotopic (exact) mass is 238 g/mol. The highest BCUT2D eigenvalue weighted by Gasteiger charge is 2.32. The van der Waals surface area contributed by atoms with Crippen LogP contribution < -0.4 is 5.32 Å². The van der Waals surface area contributed by atoms with E-state index in [0.717, 1.165) is 17.9 Å². The van der Waals surface area contributed by atoms with Gasteiger partial charge in [0.25, 0.3) is 0 Å². The van der Waals surface area contributed by atoms with Crippen LogP contribution in [0.1, 0.15) is 52.4 Å². The summed E-state index contributed by atoms with van der Waals surface area (Å²) in [5.41, 5.74) is 0. The summed E-state index contributed by atoms with van der Waals surface area (Å²) in [5, 5.41) is 3.36. The van der Waals surface area contributed by atoms with Crippen molar-refractivity contribution in [2.75, 3.05) is 20.1 Å². The third-order valence-corrected chi connectivity index (χ3v) is 5.13. The molecule has 17 heavy (non-hydrogen) atoms. The highest BCUT2D eigenvalue weighted by atomic mass is 15.2. The molecule has 0 aromatic rings. The van der Waals surface area contributed by atoms with Gasteiger partial charge in [-0.25, -0.2) is 0 Å². The molecule has 2 fully saturated rings. The summed E-state index contributed by atoms with van der Waals surface area (Å²) in [6.07, 6.45) is 8.73. The van der Waals surface area contributed by atoms with E-state index >= 15 is 0 Å². The second-order valence-corrected chi connectivity index (χ2v) is 6.36. The number of piperidine rings is 1. The molecule has 0 amide bonds. The van der Waals surface area contributed by atoms with E-state index in [1.54, 1.807) is 0 Å². The molecule has 2 heteroatoms. The van der Waals surface area contributed by atoms with Crippen molar-refractivity contribution in [3.05, 3.63) is 0 Å². The van der Waals surface area contributed by atoms with Crippen LogP contribution in [0, 0.1) is 11.8 Å². The first-order valence-corrected chi connectivity index (χ1v) is 7.62. The zero-order valence-electron chi connectivity index (χ0n) is 11.9. The molecule has 4 atom stereocenters. The summed E-state index contributed by atoms with van der Waals surface area (Å²) < 4.78 is 0. The zero-order chi connectivity index (χ0) is 12.3. The number of rotatable bonds is 4. The number of hydrogen-bond acceptors (Lipinski definition) is 2. The standard InChI is InChI=1S/C15H30N2/c1-12(16-3)10-13(2)17-9-8-14-6-4-5-7-15(14)11-17/h12-16H,4-11H2,1-3H3. The maximum atomic E-state index is 3.36. The third kappa shape index (κ3) is 3.45. The lowest BCUT2D eigenvalue weighted by molar-refractivity contribution is 0.0569.